The lowest BCUT2D eigenvalue weighted by atomic mass is 9.90. The molecule has 2 rings (SSSR count). The van der Waals surface area contributed by atoms with E-state index in [1.165, 1.54) is 25.3 Å². The van der Waals surface area contributed by atoms with Crippen molar-refractivity contribution in [1.82, 2.24) is 0 Å². The third-order valence-electron chi connectivity index (χ3n) is 2.50. The van der Waals surface area contributed by atoms with Crippen LogP contribution in [0.2, 0.25) is 5.02 Å². The van der Waals surface area contributed by atoms with Crippen molar-refractivity contribution < 1.29 is 18.7 Å². The first kappa shape index (κ1) is 11.4. The molecule has 2 unspecified atom stereocenters. The van der Waals surface area contributed by atoms with Gasteiger partial charge in [-0.05, 0) is 12.1 Å². The minimum atomic E-state index is -0.615. The predicted molar refractivity (Wildman–Crippen MR) is 56.2 cm³/mol. The third kappa shape index (κ3) is 1.90. The van der Waals surface area contributed by atoms with Crippen LogP contribution in [-0.4, -0.2) is 25.1 Å². The van der Waals surface area contributed by atoms with Crippen molar-refractivity contribution in [1.29, 1.82) is 0 Å². The Morgan fingerprint density at radius 2 is 2.25 bits per heavy atom. The largest absolute Gasteiger partial charge is 0.482 e. The van der Waals surface area contributed by atoms with Gasteiger partial charge >= 0.3 is 0 Å². The molecule has 0 aromatic heterocycles. The highest BCUT2D eigenvalue weighted by Gasteiger charge is 2.42. The second-order valence-corrected chi connectivity index (χ2v) is 3.94. The number of carbonyl (C=O) groups excluding carboxylic acids is 1. The summed E-state index contributed by atoms with van der Waals surface area (Å²) in [4.78, 5) is 11.1. The smallest absolute Gasteiger partial charge is 0.174 e. The van der Waals surface area contributed by atoms with Gasteiger partial charge in [-0.1, -0.05) is 17.7 Å². The van der Waals surface area contributed by atoms with Crippen molar-refractivity contribution in [3.8, 4) is 5.75 Å². The Morgan fingerprint density at radius 3 is 2.81 bits per heavy atom. The first-order chi connectivity index (χ1) is 7.63. The molecular formula is C11H10ClFO3. The molecule has 1 aliphatic carbocycles. The molecule has 0 N–H and O–H groups in total. The zero-order valence-corrected chi connectivity index (χ0v) is 9.33. The van der Waals surface area contributed by atoms with E-state index in [1.807, 2.05) is 0 Å². The van der Waals surface area contributed by atoms with Crippen molar-refractivity contribution in [2.45, 2.75) is 18.6 Å². The maximum Gasteiger partial charge on any atom is 0.174 e. The molecule has 2 atom stereocenters. The van der Waals surface area contributed by atoms with Crippen molar-refractivity contribution in [2.24, 2.45) is 0 Å². The van der Waals surface area contributed by atoms with E-state index < -0.39 is 18.0 Å². The molecule has 1 aromatic rings. The van der Waals surface area contributed by atoms with Gasteiger partial charge in [-0.2, -0.15) is 0 Å². The molecule has 0 bridgehead atoms. The molecule has 3 nitrogen and oxygen atoms in total. The zero-order chi connectivity index (χ0) is 11.7. The van der Waals surface area contributed by atoms with E-state index in [1.54, 1.807) is 0 Å². The van der Waals surface area contributed by atoms with Crippen LogP contribution in [0, 0.1) is 5.82 Å². The number of ether oxygens (including phenoxy) is 2. The van der Waals surface area contributed by atoms with Gasteiger partial charge in [0.05, 0.1) is 5.02 Å². The van der Waals surface area contributed by atoms with Gasteiger partial charge in [0, 0.05) is 13.5 Å². The van der Waals surface area contributed by atoms with Crippen LogP contribution in [0.25, 0.3) is 0 Å². The molecule has 1 aromatic carbocycles. The molecule has 0 radical (unpaired) electrons. The van der Waals surface area contributed by atoms with Gasteiger partial charge in [-0.3, -0.25) is 4.79 Å². The van der Waals surface area contributed by atoms with Gasteiger partial charge in [-0.15, -0.1) is 0 Å². The minimum Gasteiger partial charge on any atom is -0.482 e. The summed E-state index contributed by atoms with van der Waals surface area (Å²) in [6.45, 7) is 0. The summed E-state index contributed by atoms with van der Waals surface area (Å²) in [5.41, 5.74) is 0. The summed E-state index contributed by atoms with van der Waals surface area (Å²) in [5.74, 6) is -0.606. The van der Waals surface area contributed by atoms with E-state index in [4.69, 9.17) is 21.1 Å². The highest BCUT2D eigenvalue weighted by atomic mass is 35.5. The Morgan fingerprint density at radius 1 is 1.50 bits per heavy atom. The Bertz CT molecular complexity index is 401. The van der Waals surface area contributed by atoms with E-state index in [0.29, 0.717) is 0 Å². The second kappa shape index (κ2) is 4.39. The molecule has 0 amide bonds. The van der Waals surface area contributed by atoms with Crippen molar-refractivity contribution in [3.05, 3.63) is 29.0 Å². The van der Waals surface area contributed by atoms with E-state index in [-0.39, 0.29) is 23.0 Å². The van der Waals surface area contributed by atoms with Crippen LogP contribution >= 0.6 is 11.6 Å². The minimum absolute atomic E-state index is 0.0243. The van der Waals surface area contributed by atoms with E-state index in [0.717, 1.165) is 0 Å². The molecule has 0 saturated heterocycles. The quantitative estimate of drug-likeness (QED) is 0.818. The second-order valence-electron chi connectivity index (χ2n) is 3.53. The van der Waals surface area contributed by atoms with E-state index in [2.05, 4.69) is 0 Å². The number of para-hydroxylation sites is 1. The van der Waals surface area contributed by atoms with Crippen molar-refractivity contribution in [3.63, 3.8) is 0 Å². The van der Waals surface area contributed by atoms with Gasteiger partial charge in [0.2, 0.25) is 0 Å². The fourth-order valence-corrected chi connectivity index (χ4v) is 1.81. The summed E-state index contributed by atoms with van der Waals surface area (Å²) in [7, 11) is 1.42. The predicted octanol–water partition coefficient (Wildman–Crippen LogP) is 2.21. The SMILES string of the molecule is COC1C(=O)CC1Oc1c(F)cccc1Cl. The number of hydrogen-bond donors (Lipinski definition) is 0. The number of hydrogen-bond acceptors (Lipinski definition) is 3. The Hall–Kier alpha value is -1.13. The molecule has 1 fully saturated rings. The Balaban J connectivity index is 2.13. The molecule has 1 saturated carbocycles. The maximum absolute atomic E-state index is 13.4. The summed E-state index contributed by atoms with van der Waals surface area (Å²) in [6, 6.07) is 4.27. The van der Waals surface area contributed by atoms with Crippen LogP contribution in [0.5, 0.6) is 5.75 Å². The molecule has 0 aliphatic heterocycles. The highest BCUT2D eigenvalue weighted by Crippen LogP contribution is 2.32. The van der Waals surface area contributed by atoms with Gasteiger partial charge < -0.3 is 9.47 Å². The first-order valence-corrected chi connectivity index (χ1v) is 5.17. The van der Waals surface area contributed by atoms with Crippen LogP contribution in [0.15, 0.2) is 18.2 Å². The number of halogens is 2. The number of benzene rings is 1. The van der Waals surface area contributed by atoms with Crippen LogP contribution in [0.1, 0.15) is 6.42 Å². The molecule has 16 heavy (non-hydrogen) atoms. The number of Topliss-reactive ketones (excluding diaryl/α,β-unsaturated/α-hetero) is 1. The fourth-order valence-electron chi connectivity index (χ4n) is 1.60. The Kier molecular flexibility index (Phi) is 3.12. The number of ketones is 1. The molecule has 86 valence electrons. The fraction of sp³-hybridized carbons (Fsp3) is 0.364. The lowest BCUT2D eigenvalue weighted by molar-refractivity contribution is -0.151. The maximum atomic E-state index is 13.4. The van der Waals surface area contributed by atoms with Crippen LogP contribution in [0.3, 0.4) is 0 Å². The average molecular weight is 245 g/mol. The first-order valence-electron chi connectivity index (χ1n) is 4.79. The molecule has 0 spiro atoms. The van der Waals surface area contributed by atoms with Crippen molar-refractivity contribution in [2.75, 3.05) is 7.11 Å². The average Bonchev–Trinajstić information content (AvgIpc) is 2.22. The zero-order valence-electron chi connectivity index (χ0n) is 8.57. The lowest BCUT2D eigenvalue weighted by Gasteiger charge is -2.33. The molecule has 5 heteroatoms. The number of carbonyl (C=O) groups is 1. The number of methoxy groups -OCH3 is 1. The van der Waals surface area contributed by atoms with Gasteiger partial charge in [0.1, 0.15) is 6.10 Å². The molecule has 1 aliphatic rings. The standard InChI is InChI=1S/C11H10ClFO3/c1-15-11-8(14)5-9(11)16-10-6(12)3-2-4-7(10)13/h2-4,9,11H,5H2,1H3. The summed E-state index contributed by atoms with van der Waals surface area (Å²) < 4.78 is 23.6. The van der Waals surface area contributed by atoms with Crippen molar-refractivity contribution >= 4 is 17.4 Å². The summed E-state index contributed by atoms with van der Waals surface area (Å²) >= 11 is 5.79. The normalized spacial score (nSPS) is 24.1. The van der Waals surface area contributed by atoms with E-state index >= 15 is 0 Å². The topological polar surface area (TPSA) is 35.5 Å². The summed E-state index contributed by atoms with van der Waals surface area (Å²) in [5, 5.41) is 0.189. The van der Waals surface area contributed by atoms with Gasteiger partial charge in [0.25, 0.3) is 0 Å². The monoisotopic (exact) mass is 244 g/mol. The van der Waals surface area contributed by atoms with Crippen LogP contribution in [-0.2, 0) is 9.53 Å². The molecular weight excluding hydrogens is 235 g/mol. The Labute approximate surface area is 97.1 Å². The molecule has 0 heterocycles. The van der Waals surface area contributed by atoms with Gasteiger partial charge in [0.15, 0.2) is 23.5 Å². The van der Waals surface area contributed by atoms with Crippen LogP contribution < -0.4 is 4.74 Å². The highest BCUT2D eigenvalue weighted by molar-refractivity contribution is 6.32. The van der Waals surface area contributed by atoms with Crippen LogP contribution in [0.4, 0.5) is 4.39 Å². The van der Waals surface area contributed by atoms with Gasteiger partial charge in [-0.25, -0.2) is 4.39 Å². The third-order valence-corrected chi connectivity index (χ3v) is 2.80. The number of rotatable bonds is 3. The lowest BCUT2D eigenvalue weighted by Crippen LogP contribution is -2.51. The summed E-state index contributed by atoms with van der Waals surface area (Å²) in [6.07, 6.45) is -0.842. The van der Waals surface area contributed by atoms with E-state index in [9.17, 15) is 9.18 Å².